The van der Waals surface area contributed by atoms with Gasteiger partial charge in [-0.15, -0.1) is 0 Å². The van der Waals surface area contributed by atoms with Crippen LogP contribution in [0.2, 0.25) is 0 Å². The summed E-state index contributed by atoms with van der Waals surface area (Å²) in [5.74, 6) is 2.12. The van der Waals surface area contributed by atoms with Gasteiger partial charge >= 0.3 is 0 Å². The molecule has 1 aromatic carbocycles. The van der Waals surface area contributed by atoms with Gasteiger partial charge in [0.1, 0.15) is 6.10 Å². The van der Waals surface area contributed by atoms with Crippen molar-refractivity contribution < 1.29 is 19.4 Å². The molecule has 0 spiro atoms. The Morgan fingerprint density at radius 3 is 2.79 bits per heavy atom. The molecule has 1 unspecified atom stereocenters. The van der Waals surface area contributed by atoms with Crippen LogP contribution in [-0.4, -0.2) is 55.2 Å². The fraction of sp³-hybridized carbons (Fsp3) is 0.696. The van der Waals surface area contributed by atoms with Gasteiger partial charge < -0.3 is 14.6 Å². The minimum Gasteiger partial charge on any atom is -0.504 e. The fourth-order valence-corrected chi connectivity index (χ4v) is 6.57. The van der Waals surface area contributed by atoms with Crippen LogP contribution in [0.3, 0.4) is 0 Å². The van der Waals surface area contributed by atoms with E-state index < -0.39 is 0 Å². The zero-order valence-corrected chi connectivity index (χ0v) is 16.9. The summed E-state index contributed by atoms with van der Waals surface area (Å²) in [6.07, 6.45) is 6.87. The summed E-state index contributed by atoms with van der Waals surface area (Å²) in [6.45, 7) is 2.19. The first-order chi connectivity index (χ1) is 13.6. The van der Waals surface area contributed by atoms with Crippen molar-refractivity contribution in [3.05, 3.63) is 23.3 Å². The first-order valence-electron chi connectivity index (χ1n) is 10.8. The molecular formula is C23H31NO4. The molecule has 0 aromatic heterocycles. The number of phenolic OH excluding ortho intramolecular Hbond substituents is 1. The number of aromatic hydroxyl groups is 1. The molecule has 5 heteroatoms. The number of piperidine rings is 1. The molecule has 1 N–H and O–H groups in total. The van der Waals surface area contributed by atoms with Crippen LogP contribution in [0.4, 0.5) is 0 Å². The number of ketones is 1. The van der Waals surface area contributed by atoms with Crippen LogP contribution in [0.15, 0.2) is 12.1 Å². The molecule has 3 aliphatic carbocycles. The molecule has 0 radical (unpaired) electrons. The van der Waals surface area contributed by atoms with E-state index in [0.29, 0.717) is 24.1 Å². The lowest BCUT2D eigenvalue weighted by molar-refractivity contribution is -0.142. The zero-order valence-electron chi connectivity index (χ0n) is 16.9. The Balaban J connectivity index is 1.59. The van der Waals surface area contributed by atoms with E-state index in [-0.39, 0.29) is 23.1 Å². The Morgan fingerprint density at radius 2 is 2.11 bits per heavy atom. The van der Waals surface area contributed by atoms with Gasteiger partial charge in [-0.05, 0) is 62.1 Å². The number of phenols is 1. The highest BCUT2D eigenvalue weighted by Crippen LogP contribution is 2.59. The summed E-state index contributed by atoms with van der Waals surface area (Å²) in [4.78, 5) is 15.6. The van der Waals surface area contributed by atoms with Gasteiger partial charge in [-0.2, -0.15) is 0 Å². The normalized spacial score (nSPS) is 35.1. The first kappa shape index (κ1) is 18.4. The Labute approximate surface area is 167 Å². The summed E-state index contributed by atoms with van der Waals surface area (Å²) in [6, 6.07) is 4.42. The summed E-state index contributed by atoms with van der Waals surface area (Å²) < 4.78 is 11.0. The third kappa shape index (κ3) is 2.55. The second kappa shape index (κ2) is 6.74. The van der Waals surface area contributed by atoms with Crippen molar-refractivity contribution in [2.75, 3.05) is 27.3 Å². The number of fused-ring (bicyclic) bond motifs is 1. The molecular weight excluding hydrogens is 354 g/mol. The van der Waals surface area contributed by atoms with Crippen molar-refractivity contribution >= 4 is 5.78 Å². The summed E-state index contributed by atoms with van der Waals surface area (Å²) in [5.41, 5.74) is 1.90. The number of hydrogen-bond donors (Lipinski definition) is 1. The molecule has 1 aromatic rings. The third-order valence-electron chi connectivity index (χ3n) is 8.18. The molecule has 152 valence electrons. The minimum absolute atomic E-state index is 0.181. The molecule has 1 saturated heterocycles. The monoisotopic (exact) mass is 385 g/mol. The van der Waals surface area contributed by atoms with Crippen LogP contribution in [0.25, 0.3) is 0 Å². The quantitative estimate of drug-likeness (QED) is 0.863. The molecule has 2 saturated carbocycles. The van der Waals surface area contributed by atoms with Crippen LogP contribution in [0, 0.1) is 11.8 Å². The Morgan fingerprint density at radius 1 is 1.29 bits per heavy atom. The molecule has 5 nitrogen and oxygen atoms in total. The fourth-order valence-electron chi connectivity index (χ4n) is 6.57. The van der Waals surface area contributed by atoms with E-state index in [0.717, 1.165) is 37.3 Å². The second-order valence-electron chi connectivity index (χ2n) is 9.33. The van der Waals surface area contributed by atoms with Crippen LogP contribution in [0.5, 0.6) is 11.5 Å². The Bertz CT molecular complexity index is 789. The van der Waals surface area contributed by atoms with Gasteiger partial charge in [0.2, 0.25) is 0 Å². The molecule has 3 fully saturated rings. The van der Waals surface area contributed by atoms with Gasteiger partial charge in [0, 0.05) is 37.1 Å². The van der Waals surface area contributed by atoms with E-state index in [4.69, 9.17) is 9.47 Å². The van der Waals surface area contributed by atoms with Gasteiger partial charge in [0.05, 0.1) is 7.11 Å². The maximum absolute atomic E-state index is 12.9. The predicted molar refractivity (Wildman–Crippen MR) is 106 cm³/mol. The number of hydrogen-bond acceptors (Lipinski definition) is 5. The van der Waals surface area contributed by atoms with Gasteiger partial charge in [-0.1, -0.05) is 12.5 Å². The number of likely N-dealkylation sites (tertiary alicyclic amines) is 1. The van der Waals surface area contributed by atoms with Crippen LogP contribution >= 0.6 is 0 Å². The first-order valence-corrected chi connectivity index (χ1v) is 10.8. The average molecular weight is 386 g/mol. The molecule has 5 rings (SSSR count). The molecule has 0 amide bonds. The maximum atomic E-state index is 12.9. The van der Waals surface area contributed by atoms with E-state index in [9.17, 15) is 9.90 Å². The average Bonchev–Trinajstić information content (AvgIpc) is 2.65. The molecule has 1 aliphatic heterocycles. The Kier molecular flexibility index (Phi) is 4.44. The van der Waals surface area contributed by atoms with Crippen molar-refractivity contribution in [2.45, 2.75) is 62.5 Å². The van der Waals surface area contributed by atoms with Crippen LogP contribution < -0.4 is 4.74 Å². The number of rotatable bonds is 4. The number of methoxy groups -OCH3 is 2. The minimum atomic E-state index is -0.307. The molecule has 1 heterocycles. The Hall–Kier alpha value is -1.59. The lowest BCUT2D eigenvalue weighted by Crippen LogP contribution is -2.64. The number of carbonyl (C=O) groups is 1. The molecule has 28 heavy (non-hydrogen) atoms. The SMILES string of the molecule is COc1ccc2c(c1O)[C@@]13CCN(CC4CCC4)[C@@H](C2)[C@H]1CC(OC)C(=O)C3. The van der Waals surface area contributed by atoms with Gasteiger partial charge in [-0.3, -0.25) is 9.69 Å². The number of nitrogens with zero attached hydrogens (tertiary/aromatic N) is 1. The van der Waals surface area contributed by atoms with Crippen LogP contribution in [-0.2, 0) is 21.4 Å². The topological polar surface area (TPSA) is 59.0 Å². The van der Waals surface area contributed by atoms with E-state index in [1.54, 1.807) is 14.2 Å². The highest BCUT2D eigenvalue weighted by molar-refractivity contribution is 5.86. The predicted octanol–water partition coefficient (Wildman–Crippen LogP) is 3.06. The van der Waals surface area contributed by atoms with Gasteiger partial charge in [-0.25, -0.2) is 0 Å². The largest absolute Gasteiger partial charge is 0.504 e. The van der Waals surface area contributed by atoms with Gasteiger partial charge in [0.25, 0.3) is 0 Å². The smallest absolute Gasteiger partial charge is 0.162 e. The van der Waals surface area contributed by atoms with Crippen molar-refractivity contribution in [2.24, 2.45) is 11.8 Å². The van der Waals surface area contributed by atoms with E-state index in [1.807, 2.05) is 6.07 Å². The van der Waals surface area contributed by atoms with Gasteiger partial charge in [0.15, 0.2) is 17.3 Å². The molecule has 2 bridgehead atoms. The highest BCUT2D eigenvalue weighted by atomic mass is 16.5. The second-order valence-corrected chi connectivity index (χ2v) is 9.33. The standard InChI is InChI=1S/C23H31NO4/c1-27-19-7-6-15-10-17-16-11-20(28-2)18(25)12-23(16,21(15)22(19)26)8-9-24(17)13-14-4-3-5-14/h6-7,14,16-17,20,26H,3-5,8-13H2,1-2H3/t16-,17+,20?,23-/m1/s1. The van der Waals surface area contributed by atoms with E-state index in [2.05, 4.69) is 11.0 Å². The number of ether oxygens (including phenoxy) is 2. The maximum Gasteiger partial charge on any atom is 0.162 e. The number of carbonyl (C=O) groups excluding carboxylic acids is 1. The summed E-state index contributed by atoms with van der Waals surface area (Å²) >= 11 is 0. The third-order valence-corrected chi connectivity index (χ3v) is 8.18. The zero-order chi connectivity index (χ0) is 19.5. The van der Waals surface area contributed by atoms with E-state index in [1.165, 1.54) is 31.4 Å². The lowest BCUT2D eigenvalue weighted by atomic mass is 9.51. The number of benzene rings is 1. The van der Waals surface area contributed by atoms with Crippen molar-refractivity contribution in [1.29, 1.82) is 0 Å². The highest BCUT2D eigenvalue weighted by Gasteiger charge is 2.59. The molecule has 4 atom stereocenters. The molecule has 4 aliphatic rings. The van der Waals surface area contributed by atoms with Crippen molar-refractivity contribution in [3.63, 3.8) is 0 Å². The number of Topliss-reactive ketones (excluding diaryl/α,β-unsaturated/α-hetero) is 1. The van der Waals surface area contributed by atoms with Crippen LogP contribution in [0.1, 0.15) is 49.7 Å². The van der Waals surface area contributed by atoms with E-state index >= 15 is 0 Å². The summed E-state index contributed by atoms with van der Waals surface area (Å²) in [7, 11) is 3.25. The van der Waals surface area contributed by atoms with Crippen molar-refractivity contribution in [1.82, 2.24) is 4.90 Å². The van der Waals surface area contributed by atoms with Crippen molar-refractivity contribution in [3.8, 4) is 11.5 Å². The lowest BCUT2D eigenvalue weighted by Gasteiger charge is -2.60. The summed E-state index contributed by atoms with van der Waals surface area (Å²) in [5, 5.41) is 11.1.